The first-order valence-corrected chi connectivity index (χ1v) is 12.4. The van der Waals surface area contributed by atoms with E-state index in [0.717, 1.165) is 42.7 Å². The summed E-state index contributed by atoms with van der Waals surface area (Å²) >= 11 is 0. The van der Waals surface area contributed by atoms with Crippen molar-refractivity contribution in [3.05, 3.63) is 47.8 Å². The molecule has 2 aliphatic rings. The average Bonchev–Trinajstić information content (AvgIpc) is 3.36. The van der Waals surface area contributed by atoms with Gasteiger partial charge >= 0.3 is 6.09 Å². The fourth-order valence-electron chi connectivity index (χ4n) is 4.70. The molecule has 1 aliphatic heterocycles. The van der Waals surface area contributed by atoms with Crippen LogP contribution in [0.25, 0.3) is 5.65 Å². The molecule has 2 fully saturated rings. The maximum Gasteiger partial charge on any atom is 0.410 e. The van der Waals surface area contributed by atoms with E-state index in [9.17, 15) is 9.59 Å². The second-order valence-corrected chi connectivity index (χ2v) is 10.7. The highest BCUT2D eigenvalue weighted by atomic mass is 16.6. The summed E-state index contributed by atoms with van der Waals surface area (Å²) in [5, 5.41) is 2.90. The number of nitrogens with one attached hydrogen (secondary N) is 1. The molecule has 1 atom stereocenters. The van der Waals surface area contributed by atoms with Crippen LogP contribution in [0.2, 0.25) is 0 Å². The fraction of sp³-hybridized carbons (Fsp3) is 0.500. The minimum atomic E-state index is -0.521. The standard InChI is InChI=1S/C26H33N7O3/c1-16-10-18(14-32-13-17(2)29-23(16)32)30-24(34)21-11-28-22(12-27-21)31-9-8-20(15-31)33(19-6-7-19)25(35)36-26(3,4)5/h10-14,19-20H,6-9,15H2,1-5H3,(H,30,34)/t20-/m1/s1. The van der Waals surface area contributed by atoms with Gasteiger partial charge in [0.1, 0.15) is 22.8 Å². The molecule has 10 heteroatoms. The van der Waals surface area contributed by atoms with Gasteiger partial charge < -0.3 is 24.3 Å². The molecular formula is C26H33N7O3. The average molecular weight is 492 g/mol. The number of hydrogen-bond donors (Lipinski definition) is 1. The predicted octanol–water partition coefficient (Wildman–Crippen LogP) is 3.97. The van der Waals surface area contributed by atoms with Crippen LogP contribution >= 0.6 is 0 Å². The minimum Gasteiger partial charge on any atom is -0.444 e. The number of rotatable bonds is 5. The zero-order chi connectivity index (χ0) is 25.6. The molecule has 2 amide bonds. The molecule has 0 unspecified atom stereocenters. The molecule has 0 spiro atoms. The molecule has 0 radical (unpaired) electrons. The summed E-state index contributed by atoms with van der Waals surface area (Å²) < 4.78 is 7.57. The number of anilines is 2. The lowest BCUT2D eigenvalue weighted by Crippen LogP contribution is -2.46. The molecule has 5 rings (SSSR count). The molecule has 0 aromatic carbocycles. The maximum absolute atomic E-state index is 12.8. The number of nitrogens with zero attached hydrogens (tertiary/aromatic N) is 6. The van der Waals surface area contributed by atoms with Crippen molar-refractivity contribution in [2.75, 3.05) is 23.3 Å². The van der Waals surface area contributed by atoms with E-state index in [0.29, 0.717) is 18.1 Å². The summed E-state index contributed by atoms with van der Waals surface area (Å²) in [5.41, 5.74) is 3.13. The third-order valence-corrected chi connectivity index (χ3v) is 6.41. The molecule has 1 saturated heterocycles. The predicted molar refractivity (Wildman–Crippen MR) is 136 cm³/mol. The van der Waals surface area contributed by atoms with Crippen molar-refractivity contribution in [1.82, 2.24) is 24.3 Å². The summed E-state index contributed by atoms with van der Waals surface area (Å²) in [5.74, 6) is 0.369. The molecule has 3 aromatic rings. The highest BCUT2D eigenvalue weighted by Gasteiger charge is 2.42. The van der Waals surface area contributed by atoms with E-state index in [1.165, 1.54) is 6.20 Å². The molecule has 1 saturated carbocycles. The van der Waals surface area contributed by atoms with E-state index in [2.05, 4.69) is 25.2 Å². The Morgan fingerprint density at radius 2 is 1.86 bits per heavy atom. The maximum atomic E-state index is 12.8. The van der Waals surface area contributed by atoms with Gasteiger partial charge in [0.2, 0.25) is 0 Å². The van der Waals surface area contributed by atoms with E-state index < -0.39 is 5.60 Å². The zero-order valence-corrected chi connectivity index (χ0v) is 21.5. The molecule has 1 N–H and O–H groups in total. The molecule has 36 heavy (non-hydrogen) atoms. The van der Waals surface area contributed by atoms with Gasteiger partial charge in [-0.3, -0.25) is 4.79 Å². The normalized spacial score (nSPS) is 17.9. The van der Waals surface area contributed by atoms with Gasteiger partial charge in [-0.05, 0) is 65.5 Å². The summed E-state index contributed by atoms with van der Waals surface area (Å²) in [4.78, 5) is 43.0. The van der Waals surface area contributed by atoms with E-state index in [1.54, 1.807) is 6.20 Å². The Hall–Kier alpha value is -3.69. The molecule has 0 bridgehead atoms. The van der Waals surface area contributed by atoms with Gasteiger partial charge in [0.25, 0.3) is 5.91 Å². The zero-order valence-electron chi connectivity index (χ0n) is 21.5. The Balaban J connectivity index is 1.23. The largest absolute Gasteiger partial charge is 0.444 e. The van der Waals surface area contributed by atoms with E-state index in [4.69, 9.17) is 4.74 Å². The van der Waals surface area contributed by atoms with Crippen molar-refractivity contribution in [2.45, 2.75) is 71.6 Å². The lowest BCUT2D eigenvalue weighted by atomic mass is 10.2. The third-order valence-electron chi connectivity index (χ3n) is 6.41. The number of amides is 2. The van der Waals surface area contributed by atoms with Gasteiger partial charge in [0, 0.05) is 31.5 Å². The second-order valence-electron chi connectivity index (χ2n) is 10.7. The summed E-state index contributed by atoms with van der Waals surface area (Å²) in [6, 6.07) is 2.22. The highest BCUT2D eigenvalue weighted by molar-refractivity contribution is 6.02. The van der Waals surface area contributed by atoms with Crippen molar-refractivity contribution in [3.8, 4) is 0 Å². The summed E-state index contributed by atoms with van der Waals surface area (Å²) in [6.07, 6.45) is 9.52. The van der Waals surface area contributed by atoms with E-state index in [-0.39, 0.29) is 29.8 Å². The minimum absolute atomic E-state index is 0.0714. The van der Waals surface area contributed by atoms with Crippen molar-refractivity contribution < 1.29 is 14.3 Å². The smallest absolute Gasteiger partial charge is 0.410 e. The quantitative estimate of drug-likeness (QED) is 0.576. The lowest BCUT2D eigenvalue weighted by molar-refractivity contribution is 0.0158. The summed E-state index contributed by atoms with van der Waals surface area (Å²) in [7, 11) is 0. The van der Waals surface area contributed by atoms with Crippen LogP contribution in [0.3, 0.4) is 0 Å². The number of carbonyl (C=O) groups excluding carboxylic acids is 2. The fourth-order valence-corrected chi connectivity index (χ4v) is 4.70. The van der Waals surface area contributed by atoms with Crippen molar-refractivity contribution >= 4 is 29.2 Å². The first-order valence-electron chi connectivity index (χ1n) is 12.4. The van der Waals surface area contributed by atoms with Gasteiger partial charge in [0.05, 0.1) is 29.8 Å². The Kier molecular flexibility index (Phi) is 6.05. The third kappa shape index (κ3) is 5.12. The molecule has 3 aromatic heterocycles. The molecule has 190 valence electrons. The van der Waals surface area contributed by atoms with Crippen LogP contribution < -0.4 is 10.2 Å². The van der Waals surface area contributed by atoms with Gasteiger partial charge in [-0.1, -0.05) is 0 Å². The Bertz CT molecular complexity index is 1290. The first kappa shape index (κ1) is 24.0. The van der Waals surface area contributed by atoms with Gasteiger partial charge in [-0.2, -0.15) is 0 Å². The van der Waals surface area contributed by atoms with Crippen LogP contribution in [0.1, 0.15) is 61.8 Å². The van der Waals surface area contributed by atoms with Crippen LogP contribution in [0, 0.1) is 13.8 Å². The second kappa shape index (κ2) is 9.07. The van der Waals surface area contributed by atoms with Gasteiger partial charge in [-0.15, -0.1) is 0 Å². The number of aromatic nitrogens is 4. The molecule has 1 aliphatic carbocycles. The Morgan fingerprint density at radius 3 is 2.53 bits per heavy atom. The van der Waals surface area contributed by atoms with Crippen molar-refractivity contribution in [1.29, 1.82) is 0 Å². The van der Waals surface area contributed by atoms with Crippen molar-refractivity contribution in [3.63, 3.8) is 0 Å². The number of carbonyl (C=O) groups is 2. The number of imidazole rings is 1. The molecule has 4 heterocycles. The summed E-state index contributed by atoms with van der Waals surface area (Å²) in [6.45, 7) is 11.0. The highest BCUT2D eigenvalue weighted by Crippen LogP contribution is 2.33. The number of fused-ring (bicyclic) bond motifs is 1. The topological polar surface area (TPSA) is 105 Å². The lowest BCUT2D eigenvalue weighted by Gasteiger charge is -2.31. The van der Waals surface area contributed by atoms with Crippen LogP contribution in [-0.2, 0) is 4.74 Å². The van der Waals surface area contributed by atoms with Gasteiger partial charge in [-0.25, -0.2) is 19.7 Å². The molecule has 10 nitrogen and oxygen atoms in total. The van der Waals surface area contributed by atoms with Gasteiger partial charge in [0.15, 0.2) is 0 Å². The SMILES string of the molecule is Cc1cn2cc(NC(=O)c3cnc(N4CC[C@@H](N(C(=O)OC(C)(C)C)C5CC5)C4)cn3)cc(C)c2n1. The van der Waals surface area contributed by atoms with Crippen LogP contribution in [-0.4, -0.2) is 67.0 Å². The molecular weight excluding hydrogens is 458 g/mol. The number of pyridine rings is 1. The number of hydrogen-bond acceptors (Lipinski definition) is 7. The van der Waals surface area contributed by atoms with Crippen molar-refractivity contribution in [2.24, 2.45) is 0 Å². The first-order chi connectivity index (χ1) is 17.1. The number of aryl methyl sites for hydroxylation is 2. The van der Waals surface area contributed by atoms with Crippen LogP contribution in [0.4, 0.5) is 16.3 Å². The van der Waals surface area contributed by atoms with E-state index in [1.807, 2.05) is 62.4 Å². The Labute approximate surface area is 210 Å². The van der Waals surface area contributed by atoms with Crippen LogP contribution in [0.15, 0.2) is 30.9 Å². The number of ether oxygens (including phenoxy) is 1. The Morgan fingerprint density at radius 1 is 1.08 bits per heavy atom. The monoisotopic (exact) mass is 491 g/mol. The van der Waals surface area contributed by atoms with Crippen LogP contribution in [0.5, 0.6) is 0 Å². The van der Waals surface area contributed by atoms with E-state index >= 15 is 0 Å².